The number of rotatable bonds is 3. The molecule has 0 radical (unpaired) electrons. The van der Waals surface area contributed by atoms with E-state index in [9.17, 15) is 0 Å². The number of halogens is 3. The first-order valence-corrected chi connectivity index (χ1v) is 5.67. The first-order chi connectivity index (χ1) is 6.70. The van der Waals surface area contributed by atoms with Crippen LogP contribution in [0, 0.1) is 12.3 Å². The van der Waals surface area contributed by atoms with Crippen molar-refractivity contribution >= 4 is 39.1 Å². The lowest BCUT2D eigenvalue weighted by molar-refractivity contribution is 0.367. The maximum Gasteiger partial charge on any atom is 0.148 e. The van der Waals surface area contributed by atoms with E-state index in [4.69, 9.17) is 34.4 Å². The molecule has 4 heteroatoms. The third-order valence-electron chi connectivity index (χ3n) is 1.60. The molecule has 0 bridgehead atoms. The van der Waals surface area contributed by atoms with Gasteiger partial charge in [0.25, 0.3) is 0 Å². The number of terminal acetylenes is 1. The van der Waals surface area contributed by atoms with E-state index in [0.717, 1.165) is 5.56 Å². The molecule has 0 amide bonds. The zero-order valence-corrected chi connectivity index (χ0v) is 10.3. The molecule has 0 heterocycles. The van der Waals surface area contributed by atoms with E-state index in [1.165, 1.54) is 0 Å². The number of benzene rings is 1. The summed E-state index contributed by atoms with van der Waals surface area (Å²) in [5.74, 6) is 3.05. The summed E-state index contributed by atoms with van der Waals surface area (Å²) in [6.07, 6.45) is 5.09. The Labute approximate surface area is 101 Å². The second-order valence-corrected chi connectivity index (χ2v) is 3.81. The van der Waals surface area contributed by atoms with Crippen molar-refractivity contribution in [3.8, 4) is 18.1 Å². The molecule has 0 aromatic heterocycles. The van der Waals surface area contributed by atoms with Crippen molar-refractivity contribution < 1.29 is 4.74 Å². The zero-order chi connectivity index (χ0) is 10.6. The van der Waals surface area contributed by atoms with Gasteiger partial charge >= 0.3 is 0 Å². The number of ether oxygens (including phenoxy) is 1. The van der Waals surface area contributed by atoms with Crippen LogP contribution >= 0.6 is 39.1 Å². The third-order valence-corrected chi connectivity index (χ3v) is 3.00. The van der Waals surface area contributed by atoms with Crippen LogP contribution in [-0.2, 0) is 5.33 Å². The van der Waals surface area contributed by atoms with Gasteiger partial charge in [0.15, 0.2) is 0 Å². The average molecular weight is 294 g/mol. The van der Waals surface area contributed by atoms with Crippen LogP contribution in [0.25, 0.3) is 0 Å². The van der Waals surface area contributed by atoms with Crippen LogP contribution in [0.15, 0.2) is 12.1 Å². The Balaban J connectivity index is 3.05. The van der Waals surface area contributed by atoms with Crippen LogP contribution in [0.3, 0.4) is 0 Å². The molecule has 0 N–H and O–H groups in total. The topological polar surface area (TPSA) is 9.23 Å². The molecule has 0 atom stereocenters. The second-order valence-electron chi connectivity index (χ2n) is 2.46. The van der Waals surface area contributed by atoms with Crippen LogP contribution in [0.2, 0.25) is 10.0 Å². The summed E-state index contributed by atoms with van der Waals surface area (Å²) >= 11 is 15.1. The summed E-state index contributed by atoms with van der Waals surface area (Å²) in [6.45, 7) is 0.220. The predicted octanol–water partition coefficient (Wildman–Crippen LogP) is 3.90. The molecule has 0 aliphatic rings. The molecular weight excluding hydrogens is 287 g/mol. The lowest BCUT2D eigenvalue weighted by Gasteiger charge is -2.10. The molecule has 14 heavy (non-hydrogen) atoms. The zero-order valence-electron chi connectivity index (χ0n) is 7.19. The molecular formula is C10H7BrCl2O. The van der Waals surface area contributed by atoms with Crippen LogP contribution in [-0.4, -0.2) is 6.61 Å². The van der Waals surface area contributed by atoms with Gasteiger partial charge in [0.2, 0.25) is 0 Å². The van der Waals surface area contributed by atoms with Gasteiger partial charge in [0.1, 0.15) is 12.4 Å². The number of hydrogen-bond acceptors (Lipinski definition) is 1. The Morgan fingerprint density at radius 1 is 1.43 bits per heavy atom. The molecule has 1 aromatic rings. The van der Waals surface area contributed by atoms with Gasteiger partial charge in [0, 0.05) is 10.9 Å². The van der Waals surface area contributed by atoms with E-state index in [1.807, 2.05) is 0 Å². The standard InChI is InChI=1S/C10H7BrCl2O/c1-2-5-14-9-4-3-8(12)10(13)7(9)6-11/h1,3-4H,5-6H2. The molecule has 0 spiro atoms. The van der Waals surface area contributed by atoms with Gasteiger partial charge in [-0.15, -0.1) is 6.42 Å². The van der Waals surface area contributed by atoms with Crippen molar-refractivity contribution in [2.45, 2.75) is 5.33 Å². The smallest absolute Gasteiger partial charge is 0.148 e. The first kappa shape index (κ1) is 11.7. The van der Waals surface area contributed by atoms with Gasteiger partial charge < -0.3 is 4.74 Å². The van der Waals surface area contributed by atoms with Gasteiger partial charge in [-0.3, -0.25) is 0 Å². The second kappa shape index (κ2) is 5.50. The highest BCUT2D eigenvalue weighted by molar-refractivity contribution is 9.08. The van der Waals surface area contributed by atoms with Gasteiger partial charge in [-0.25, -0.2) is 0 Å². The summed E-state index contributed by atoms with van der Waals surface area (Å²) < 4.78 is 5.30. The van der Waals surface area contributed by atoms with Gasteiger partial charge in [-0.1, -0.05) is 45.1 Å². The van der Waals surface area contributed by atoms with Crippen molar-refractivity contribution in [3.05, 3.63) is 27.7 Å². The van der Waals surface area contributed by atoms with E-state index in [2.05, 4.69) is 21.9 Å². The quantitative estimate of drug-likeness (QED) is 0.607. The SMILES string of the molecule is C#CCOc1ccc(Cl)c(Cl)c1CBr. The monoisotopic (exact) mass is 292 g/mol. The molecule has 0 aliphatic carbocycles. The van der Waals surface area contributed by atoms with E-state index < -0.39 is 0 Å². The largest absolute Gasteiger partial charge is 0.481 e. The van der Waals surface area contributed by atoms with Gasteiger partial charge in [-0.05, 0) is 12.1 Å². The molecule has 74 valence electrons. The maximum absolute atomic E-state index is 5.98. The minimum absolute atomic E-state index is 0.220. The highest BCUT2D eigenvalue weighted by Gasteiger charge is 2.10. The molecule has 0 unspecified atom stereocenters. The van der Waals surface area contributed by atoms with E-state index >= 15 is 0 Å². The third kappa shape index (κ3) is 2.57. The first-order valence-electron chi connectivity index (χ1n) is 3.79. The highest BCUT2D eigenvalue weighted by atomic mass is 79.9. The molecule has 1 aromatic carbocycles. The Morgan fingerprint density at radius 3 is 2.71 bits per heavy atom. The highest BCUT2D eigenvalue weighted by Crippen LogP contribution is 2.34. The Kier molecular flexibility index (Phi) is 4.60. The molecule has 1 rings (SSSR count). The van der Waals surface area contributed by atoms with E-state index in [0.29, 0.717) is 21.1 Å². The predicted molar refractivity (Wildman–Crippen MR) is 63.4 cm³/mol. The van der Waals surface area contributed by atoms with Crippen LogP contribution in [0.4, 0.5) is 0 Å². The lowest BCUT2D eigenvalue weighted by Crippen LogP contribution is -1.97. The molecule has 1 nitrogen and oxygen atoms in total. The fourth-order valence-corrected chi connectivity index (χ4v) is 2.07. The summed E-state index contributed by atoms with van der Waals surface area (Å²) in [5, 5.41) is 1.58. The van der Waals surface area contributed by atoms with Crippen LogP contribution < -0.4 is 4.74 Å². The summed E-state index contributed by atoms with van der Waals surface area (Å²) in [5.41, 5.74) is 0.814. The van der Waals surface area contributed by atoms with Gasteiger partial charge in [0.05, 0.1) is 10.0 Å². The number of alkyl halides is 1. The molecule has 0 saturated heterocycles. The van der Waals surface area contributed by atoms with Crippen LogP contribution in [0.5, 0.6) is 5.75 Å². The minimum atomic E-state index is 0.220. The molecule has 0 fully saturated rings. The molecule has 0 aliphatic heterocycles. The van der Waals surface area contributed by atoms with Crippen molar-refractivity contribution in [2.75, 3.05) is 6.61 Å². The maximum atomic E-state index is 5.98. The fraction of sp³-hybridized carbons (Fsp3) is 0.200. The van der Waals surface area contributed by atoms with Crippen molar-refractivity contribution in [2.24, 2.45) is 0 Å². The summed E-state index contributed by atoms with van der Waals surface area (Å²) in [6, 6.07) is 3.43. The Hall–Kier alpha value is -0.360. The molecule has 0 saturated carbocycles. The van der Waals surface area contributed by atoms with Crippen molar-refractivity contribution in [1.29, 1.82) is 0 Å². The van der Waals surface area contributed by atoms with Crippen molar-refractivity contribution in [1.82, 2.24) is 0 Å². The van der Waals surface area contributed by atoms with E-state index in [1.54, 1.807) is 12.1 Å². The Bertz CT molecular complexity index is 371. The normalized spacial score (nSPS) is 9.57. The lowest BCUT2D eigenvalue weighted by atomic mass is 10.2. The number of hydrogen-bond donors (Lipinski definition) is 0. The Morgan fingerprint density at radius 2 is 2.14 bits per heavy atom. The fourth-order valence-electron chi connectivity index (χ4n) is 0.954. The average Bonchev–Trinajstić information content (AvgIpc) is 2.20. The van der Waals surface area contributed by atoms with E-state index in [-0.39, 0.29) is 6.61 Å². The van der Waals surface area contributed by atoms with Crippen LogP contribution in [0.1, 0.15) is 5.56 Å². The summed E-state index contributed by atoms with van der Waals surface area (Å²) in [7, 11) is 0. The van der Waals surface area contributed by atoms with Crippen molar-refractivity contribution in [3.63, 3.8) is 0 Å². The van der Waals surface area contributed by atoms with Gasteiger partial charge in [-0.2, -0.15) is 0 Å². The minimum Gasteiger partial charge on any atom is -0.481 e. The summed E-state index contributed by atoms with van der Waals surface area (Å²) in [4.78, 5) is 0.